The highest BCUT2D eigenvalue weighted by atomic mass is 17.0. The lowest BCUT2D eigenvalue weighted by molar-refractivity contribution is -0.540. The highest BCUT2D eigenvalue weighted by Gasteiger charge is 2.72. The third-order valence-corrected chi connectivity index (χ3v) is 5.93. The van der Waals surface area contributed by atoms with Crippen molar-refractivity contribution >= 4 is 0 Å². The lowest BCUT2D eigenvalue weighted by Gasteiger charge is -2.52. The maximum Gasteiger partial charge on any atom is 0.412 e. The molecular weight excluding hydrogens is 260 g/mol. The summed E-state index contributed by atoms with van der Waals surface area (Å²) in [6.07, 6.45) is 3.71. The van der Waals surface area contributed by atoms with Gasteiger partial charge in [-0.2, -0.15) is 0 Å². The zero-order valence-corrected chi connectivity index (χ0v) is 12.4. The van der Waals surface area contributed by atoms with Crippen molar-refractivity contribution < 1.29 is 23.7 Å². The second kappa shape index (κ2) is 4.40. The maximum atomic E-state index is 5.95. The lowest BCUT2D eigenvalue weighted by atomic mass is 9.62. The molecule has 3 saturated heterocycles. The van der Waals surface area contributed by atoms with Crippen LogP contribution in [-0.2, 0) is 23.7 Å². The van der Waals surface area contributed by atoms with Gasteiger partial charge in [-0.3, -0.25) is 0 Å². The third kappa shape index (κ3) is 1.61. The van der Waals surface area contributed by atoms with Gasteiger partial charge in [-0.05, 0) is 25.7 Å². The average molecular weight is 284 g/mol. The molecule has 4 rings (SSSR count). The fourth-order valence-corrected chi connectivity index (χ4v) is 4.68. The van der Waals surface area contributed by atoms with Crippen molar-refractivity contribution in [2.24, 2.45) is 10.8 Å². The van der Waals surface area contributed by atoms with E-state index in [1.165, 1.54) is 0 Å². The van der Waals surface area contributed by atoms with Crippen LogP contribution in [0.3, 0.4) is 0 Å². The maximum absolute atomic E-state index is 5.95. The SMILES string of the molecule is CCC1(CC)C2OC2CC12COC1(OCCCO1)OC2. The molecule has 2 unspecified atom stereocenters. The molecule has 114 valence electrons. The van der Waals surface area contributed by atoms with Crippen LogP contribution in [0.1, 0.15) is 39.5 Å². The van der Waals surface area contributed by atoms with Crippen LogP contribution < -0.4 is 0 Å². The van der Waals surface area contributed by atoms with Crippen LogP contribution >= 0.6 is 0 Å². The van der Waals surface area contributed by atoms with Gasteiger partial charge in [0.05, 0.1) is 38.6 Å². The standard InChI is InChI=1S/C15H24O5/c1-3-14(4-2)12-11(20-12)8-13(14)9-18-15(19-10-13)16-6-5-7-17-15/h11-12H,3-10H2,1-2H3. The smallest absolute Gasteiger partial charge is 0.369 e. The van der Waals surface area contributed by atoms with Gasteiger partial charge in [-0.25, -0.2) is 0 Å². The molecule has 1 aliphatic carbocycles. The average Bonchev–Trinajstić information content (AvgIpc) is 3.20. The first-order valence-electron chi connectivity index (χ1n) is 7.90. The molecule has 0 N–H and O–H groups in total. The topological polar surface area (TPSA) is 49.5 Å². The van der Waals surface area contributed by atoms with Crippen LogP contribution in [0.25, 0.3) is 0 Å². The van der Waals surface area contributed by atoms with Gasteiger partial charge < -0.3 is 23.7 Å². The molecule has 0 aromatic heterocycles. The van der Waals surface area contributed by atoms with Crippen molar-refractivity contribution in [3.05, 3.63) is 0 Å². The summed E-state index contributed by atoms with van der Waals surface area (Å²) in [5, 5.41) is 0. The molecule has 3 aliphatic heterocycles. The summed E-state index contributed by atoms with van der Waals surface area (Å²) in [4.78, 5) is 0. The summed E-state index contributed by atoms with van der Waals surface area (Å²) in [6.45, 7) is 7.07. The van der Waals surface area contributed by atoms with E-state index in [-0.39, 0.29) is 10.8 Å². The van der Waals surface area contributed by atoms with E-state index in [0.717, 1.165) is 25.7 Å². The Morgan fingerprint density at radius 2 is 1.60 bits per heavy atom. The van der Waals surface area contributed by atoms with Gasteiger partial charge >= 0.3 is 6.16 Å². The first kappa shape index (κ1) is 13.5. The van der Waals surface area contributed by atoms with E-state index in [0.29, 0.717) is 38.6 Å². The van der Waals surface area contributed by atoms with E-state index >= 15 is 0 Å². The Morgan fingerprint density at radius 1 is 0.950 bits per heavy atom. The van der Waals surface area contributed by atoms with Gasteiger partial charge in [0.2, 0.25) is 0 Å². The minimum Gasteiger partial charge on any atom is -0.369 e. The quantitative estimate of drug-likeness (QED) is 0.726. The van der Waals surface area contributed by atoms with Crippen molar-refractivity contribution in [3.8, 4) is 0 Å². The number of rotatable bonds is 2. The molecule has 0 amide bonds. The van der Waals surface area contributed by atoms with E-state index in [1.807, 2.05) is 0 Å². The molecule has 4 aliphatic rings. The summed E-state index contributed by atoms with van der Waals surface area (Å²) >= 11 is 0. The Hall–Kier alpha value is -0.200. The Labute approximate surface area is 119 Å². The van der Waals surface area contributed by atoms with E-state index in [4.69, 9.17) is 23.7 Å². The summed E-state index contributed by atoms with van der Waals surface area (Å²) in [6, 6.07) is 0. The molecule has 0 radical (unpaired) electrons. The van der Waals surface area contributed by atoms with Gasteiger partial charge in [0.25, 0.3) is 0 Å². The molecule has 2 spiro atoms. The zero-order valence-electron chi connectivity index (χ0n) is 12.4. The molecule has 0 aromatic rings. The minimum atomic E-state index is -1.23. The third-order valence-electron chi connectivity index (χ3n) is 5.93. The molecule has 0 bridgehead atoms. The van der Waals surface area contributed by atoms with Crippen LogP contribution in [0.4, 0.5) is 0 Å². The lowest BCUT2D eigenvalue weighted by Crippen LogP contribution is -2.59. The first-order valence-corrected chi connectivity index (χ1v) is 7.90. The normalized spacial score (nSPS) is 39.9. The second-order valence-electron chi connectivity index (χ2n) is 6.57. The highest BCUT2D eigenvalue weighted by Crippen LogP contribution is 2.66. The number of hydrogen-bond acceptors (Lipinski definition) is 5. The molecule has 3 heterocycles. The van der Waals surface area contributed by atoms with Crippen molar-refractivity contribution in [1.82, 2.24) is 0 Å². The number of epoxide rings is 1. The van der Waals surface area contributed by atoms with Gasteiger partial charge in [-0.15, -0.1) is 0 Å². The Bertz CT molecular complexity index is 376. The summed E-state index contributed by atoms with van der Waals surface area (Å²) in [5.74, 6) is 0. The Kier molecular flexibility index (Phi) is 2.96. The summed E-state index contributed by atoms with van der Waals surface area (Å²) in [7, 11) is 0. The van der Waals surface area contributed by atoms with Gasteiger partial charge in [0.15, 0.2) is 0 Å². The van der Waals surface area contributed by atoms with Crippen LogP contribution in [0.5, 0.6) is 0 Å². The summed E-state index contributed by atoms with van der Waals surface area (Å²) < 4.78 is 28.9. The van der Waals surface area contributed by atoms with Gasteiger partial charge in [0.1, 0.15) is 0 Å². The molecular formula is C15H24O5. The predicted molar refractivity (Wildman–Crippen MR) is 69.9 cm³/mol. The first-order chi connectivity index (χ1) is 9.69. The number of ether oxygens (including phenoxy) is 5. The Balaban J connectivity index is 1.55. The van der Waals surface area contributed by atoms with Crippen molar-refractivity contribution in [2.75, 3.05) is 26.4 Å². The monoisotopic (exact) mass is 284 g/mol. The minimum absolute atomic E-state index is 0.0551. The largest absolute Gasteiger partial charge is 0.412 e. The van der Waals surface area contributed by atoms with Crippen LogP contribution in [0.15, 0.2) is 0 Å². The van der Waals surface area contributed by atoms with Gasteiger partial charge in [0, 0.05) is 10.8 Å². The molecule has 0 aromatic carbocycles. The van der Waals surface area contributed by atoms with E-state index in [1.54, 1.807) is 0 Å². The van der Waals surface area contributed by atoms with Crippen molar-refractivity contribution in [3.63, 3.8) is 0 Å². The fraction of sp³-hybridized carbons (Fsp3) is 1.00. The number of hydrogen-bond donors (Lipinski definition) is 0. The predicted octanol–water partition coefficient (Wildman–Crippen LogP) is 2.05. The van der Waals surface area contributed by atoms with Crippen LogP contribution in [0, 0.1) is 10.8 Å². The zero-order chi connectivity index (χ0) is 13.8. The van der Waals surface area contributed by atoms with Crippen molar-refractivity contribution in [1.29, 1.82) is 0 Å². The highest BCUT2D eigenvalue weighted by molar-refractivity contribution is 5.18. The van der Waals surface area contributed by atoms with Crippen LogP contribution in [-0.4, -0.2) is 44.8 Å². The molecule has 5 nitrogen and oxygen atoms in total. The number of fused-ring (bicyclic) bond motifs is 1. The fourth-order valence-electron chi connectivity index (χ4n) is 4.68. The molecule has 2 atom stereocenters. The molecule has 20 heavy (non-hydrogen) atoms. The van der Waals surface area contributed by atoms with Crippen molar-refractivity contribution in [2.45, 2.75) is 57.9 Å². The molecule has 5 heteroatoms. The van der Waals surface area contributed by atoms with E-state index < -0.39 is 6.16 Å². The second-order valence-corrected chi connectivity index (χ2v) is 6.57. The summed E-state index contributed by atoms with van der Waals surface area (Å²) in [5.41, 5.74) is 0.230. The molecule has 1 saturated carbocycles. The van der Waals surface area contributed by atoms with E-state index in [2.05, 4.69) is 13.8 Å². The van der Waals surface area contributed by atoms with E-state index in [9.17, 15) is 0 Å². The van der Waals surface area contributed by atoms with Crippen LogP contribution in [0.2, 0.25) is 0 Å². The Morgan fingerprint density at radius 3 is 2.20 bits per heavy atom. The molecule has 4 fully saturated rings. The van der Waals surface area contributed by atoms with Gasteiger partial charge in [-0.1, -0.05) is 13.8 Å².